The number of phenolic OH excluding ortho intramolecular Hbond substituents is 1. The molecule has 6 nitrogen and oxygen atoms in total. The molecule has 0 saturated heterocycles. The molecule has 0 spiro atoms. The first kappa shape index (κ1) is 11.8. The lowest BCUT2D eigenvalue weighted by molar-refractivity contribution is -0.138. The maximum absolute atomic E-state index is 11.3. The van der Waals surface area contributed by atoms with Gasteiger partial charge >= 0.3 is 12.0 Å². The fraction of sp³-hybridized carbons (Fsp3) is 0.200. The minimum atomic E-state index is -1.12. The highest BCUT2D eigenvalue weighted by atomic mass is 16.4. The number of aromatic hydroxyl groups is 1. The minimum Gasteiger partial charge on any atom is -0.508 e. The number of phenols is 1. The molecule has 0 saturated carbocycles. The molecule has 1 unspecified atom stereocenters. The minimum absolute atomic E-state index is 0.0177. The normalized spacial score (nSPS) is 11.6. The summed E-state index contributed by atoms with van der Waals surface area (Å²) < 4.78 is 0. The van der Waals surface area contributed by atoms with Gasteiger partial charge in [0, 0.05) is 11.8 Å². The number of benzene rings is 1. The Balaban J connectivity index is 2.55. The van der Waals surface area contributed by atoms with Crippen LogP contribution in [0.3, 0.4) is 0 Å². The van der Waals surface area contributed by atoms with Crippen LogP contribution >= 0.6 is 0 Å². The van der Waals surface area contributed by atoms with E-state index < -0.39 is 18.0 Å². The predicted octanol–water partition coefficient (Wildman–Crippen LogP) is 0.987. The van der Waals surface area contributed by atoms with Crippen molar-refractivity contribution in [2.24, 2.45) is 0 Å². The van der Waals surface area contributed by atoms with Crippen molar-refractivity contribution < 1.29 is 19.8 Å². The van der Waals surface area contributed by atoms with E-state index in [1.807, 2.05) is 0 Å². The quantitative estimate of drug-likeness (QED) is 0.615. The third-order valence-electron chi connectivity index (χ3n) is 1.82. The zero-order valence-corrected chi connectivity index (χ0v) is 8.60. The molecule has 0 aliphatic heterocycles. The Morgan fingerprint density at radius 2 is 2.06 bits per heavy atom. The monoisotopic (exact) mass is 224 g/mol. The highest BCUT2D eigenvalue weighted by molar-refractivity contribution is 5.92. The van der Waals surface area contributed by atoms with Gasteiger partial charge in [-0.05, 0) is 19.1 Å². The van der Waals surface area contributed by atoms with Crippen LogP contribution in [0, 0.1) is 0 Å². The standard InChI is InChI=1S/C10H12N2O4/c1-6(9(14)15)11-10(16)12-7-3-2-4-8(13)5-7/h2-6,13H,1H3,(H,14,15)(H2,11,12,16). The van der Waals surface area contributed by atoms with Crippen LogP contribution in [0.5, 0.6) is 5.75 Å². The van der Waals surface area contributed by atoms with E-state index in [-0.39, 0.29) is 5.75 Å². The van der Waals surface area contributed by atoms with Gasteiger partial charge in [0.1, 0.15) is 11.8 Å². The van der Waals surface area contributed by atoms with Crippen LogP contribution in [-0.4, -0.2) is 28.3 Å². The second-order valence-corrected chi connectivity index (χ2v) is 3.21. The average Bonchev–Trinajstić information content (AvgIpc) is 2.16. The summed E-state index contributed by atoms with van der Waals surface area (Å²) in [6.45, 7) is 1.35. The number of carboxylic acid groups (broad SMARTS) is 1. The number of rotatable bonds is 3. The van der Waals surface area contributed by atoms with Gasteiger partial charge < -0.3 is 20.8 Å². The molecule has 2 amide bonds. The van der Waals surface area contributed by atoms with Gasteiger partial charge in [0.15, 0.2) is 0 Å². The van der Waals surface area contributed by atoms with Crippen LogP contribution in [-0.2, 0) is 4.79 Å². The SMILES string of the molecule is CC(NC(=O)Nc1cccc(O)c1)C(=O)O. The number of hydrogen-bond acceptors (Lipinski definition) is 3. The van der Waals surface area contributed by atoms with Crippen LogP contribution in [0.15, 0.2) is 24.3 Å². The molecule has 0 bridgehead atoms. The zero-order valence-electron chi connectivity index (χ0n) is 8.60. The zero-order chi connectivity index (χ0) is 12.1. The number of amides is 2. The van der Waals surface area contributed by atoms with Crippen molar-refractivity contribution in [3.05, 3.63) is 24.3 Å². The number of anilines is 1. The van der Waals surface area contributed by atoms with E-state index in [1.54, 1.807) is 12.1 Å². The fourth-order valence-electron chi connectivity index (χ4n) is 1.01. The molecule has 16 heavy (non-hydrogen) atoms. The predicted molar refractivity (Wildman–Crippen MR) is 57.4 cm³/mol. The summed E-state index contributed by atoms with van der Waals surface area (Å²) in [6.07, 6.45) is 0. The molecule has 1 atom stereocenters. The summed E-state index contributed by atoms with van der Waals surface area (Å²) in [4.78, 5) is 21.7. The number of carbonyl (C=O) groups is 2. The van der Waals surface area contributed by atoms with Crippen molar-refractivity contribution in [3.8, 4) is 5.75 Å². The van der Waals surface area contributed by atoms with Gasteiger partial charge in [-0.3, -0.25) is 4.79 Å². The number of urea groups is 1. The topological polar surface area (TPSA) is 98.7 Å². The highest BCUT2D eigenvalue weighted by Crippen LogP contribution is 2.14. The molecular formula is C10H12N2O4. The Hall–Kier alpha value is -2.24. The Bertz CT molecular complexity index is 406. The molecular weight excluding hydrogens is 212 g/mol. The third kappa shape index (κ3) is 3.49. The van der Waals surface area contributed by atoms with Gasteiger partial charge in [-0.1, -0.05) is 6.07 Å². The Morgan fingerprint density at radius 1 is 1.38 bits per heavy atom. The molecule has 6 heteroatoms. The lowest BCUT2D eigenvalue weighted by atomic mass is 10.3. The van der Waals surface area contributed by atoms with Crippen molar-refractivity contribution in [3.63, 3.8) is 0 Å². The summed E-state index contributed by atoms with van der Waals surface area (Å²) in [5, 5.41) is 22.3. The lowest BCUT2D eigenvalue weighted by Gasteiger charge is -2.10. The summed E-state index contributed by atoms with van der Waals surface area (Å²) in [6, 6.07) is 4.34. The number of carbonyl (C=O) groups excluding carboxylic acids is 1. The fourth-order valence-corrected chi connectivity index (χ4v) is 1.01. The van der Waals surface area contributed by atoms with Gasteiger partial charge in [-0.25, -0.2) is 4.79 Å². The van der Waals surface area contributed by atoms with E-state index in [1.165, 1.54) is 19.1 Å². The maximum Gasteiger partial charge on any atom is 0.325 e. The number of aliphatic carboxylic acids is 1. The first-order valence-electron chi connectivity index (χ1n) is 4.58. The van der Waals surface area contributed by atoms with Crippen molar-refractivity contribution in [2.75, 3.05) is 5.32 Å². The lowest BCUT2D eigenvalue weighted by Crippen LogP contribution is -2.40. The maximum atomic E-state index is 11.3. The van der Waals surface area contributed by atoms with E-state index in [0.29, 0.717) is 5.69 Å². The van der Waals surface area contributed by atoms with E-state index in [0.717, 1.165) is 0 Å². The van der Waals surface area contributed by atoms with E-state index >= 15 is 0 Å². The second-order valence-electron chi connectivity index (χ2n) is 3.21. The smallest absolute Gasteiger partial charge is 0.325 e. The Morgan fingerprint density at radius 3 is 2.62 bits per heavy atom. The van der Waals surface area contributed by atoms with Crippen molar-refractivity contribution in [1.29, 1.82) is 0 Å². The summed E-state index contributed by atoms with van der Waals surface area (Å²) in [5.41, 5.74) is 0.384. The van der Waals surface area contributed by atoms with Gasteiger partial charge in [0.2, 0.25) is 0 Å². The van der Waals surface area contributed by atoms with E-state index in [4.69, 9.17) is 10.2 Å². The van der Waals surface area contributed by atoms with Gasteiger partial charge in [-0.15, -0.1) is 0 Å². The van der Waals surface area contributed by atoms with Crippen molar-refractivity contribution in [1.82, 2.24) is 5.32 Å². The molecule has 1 aromatic rings. The highest BCUT2D eigenvalue weighted by Gasteiger charge is 2.13. The molecule has 0 aliphatic carbocycles. The second kappa shape index (κ2) is 5.01. The van der Waals surface area contributed by atoms with Gasteiger partial charge in [0.25, 0.3) is 0 Å². The molecule has 86 valence electrons. The Kier molecular flexibility index (Phi) is 3.71. The summed E-state index contributed by atoms with van der Waals surface area (Å²) in [7, 11) is 0. The molecule has 0 aliphatic rings. The van der Waals surface area contributed by atoms with E-state index in [9.17, 15) is 9.59 Å². The molecule has 0 heterocycles. The number of hydrogen-bond donors (Lipinski definition) is 4. The molecule has 0 aromatic heterocycles. The number of carboxylic acids is 1. The largest absolute Gasteiger partial charge is 0.508 e. The van der Waals surface area contributed by atoms with Crippen LogP contribution in [0.4, 0.5) is 10.5 Å². The van der Waals surface area contributed by atoms with Gasteiger partial charge in [-0.2, -0.15) is 0 Å². The van der Waals surface area contributed by atoms with Gasteiger partial charge in [0.05, 0.1) is 0 Å². The van der Waals surface area contributed by atoms with Crippen molar-refractivity contribution >= 4 is 17.7 Å². The van der Waals surface area contributed by atoms with Crippen LogP contribution in [0.25, 0.3) is 0 Å². The molecule has 1 aromatic carbocycles. The first-order chi connectivity index (χ1) is 7.49. The number of nitrogens with one attached hydrogen (secondary N) is 2. The van der Waals surface area contributed by atoms with Crippen LogP contribution in [0.2, 0.25) is 0 Å². The average molecular weight is 224 g/mol. The summed E-state index contributed by atoms with van der Waals surface area (Å²) in [5.74, 6) is -1.10. The third-order valence-corrected chi connectivity index (χ3v) is 1.82. The van der Waals surface area contributed by atoms with Crippen molar-refractivity contribution in [2.45, 2.75) is 13.0 Å². The molecule has 1 rings (SSSR count). The Labute approximate surface area is 91.9 Å². The molecule has 0 radical (unpaired) electrons. The van der Waals surface area contributed by atoms with Crippen LogP contribution in [0.1, 0.15) is 6.92 Å². The first-order valence-corrected chi connectivity index (χ1v) is 4.58. The molecule has 0 fully saturated rings. The summed E-state index contributed by atoms with van der Waals surface area (Å²) >= 11 is 0. The van der Waals surface area contributed by atoms with Crippen LogP contribution < -0.4 is 10.6 Å². The molecule has 4 N–H and O–H groups in total. The van der Waals surface area contributed by atoms with E-state index in [2.05, 4.69) is 10.6 Å².